The summed E-state index contributed by atoms with van der Waals surface area (Å²) in [5, 5.41) is 0. The van der Waals surface area contributed by atoms with Crippen molar-refractivity contribution in [2.75, 3.05) is 0 Å². The van der Waals surface area contributed by atoms with Crippen molar-refractivity contribution in [1.82, 2.24) is 0 Å². The molecule has 0 aromatic heterocycles. The molecule has 2 heteroatoms. The van der Waals surface area contributed by atoms with Crippen LogP contribution in [0.2, 0.25) is 0 Å². The van der Waals surface area contributed by atoms with Crippen LogP contribution in [0.1, 0.15) is 33.1 Å². The first-order chi connectivity index (χ1) is 4.13. The molecule has 0 aliphatic rings. The third-order valence-corrected chi connectivity index (χ3v) is 1.30. The summed E-state index contributed by atoms with van der Waals surface area (Å²) in [6, 6.07) is 0. The van der Waals surface area contributed by atoms with Crippen LogP contribution in [-0.4, -0.2) is 23.1 Å². The van der Waals surface area contributed by atoms with Gasteiger partial charge in [0.05, 0.1) is 0 Å². The van der Waals surface area contributed by atoms with Crippen molar-refractivity contribution in [1.29, 1.82) is 0 Å². The second-order valence-corrected chi connectivity index (χ2v) is 2.95. The monoisotopic (exact) mass is 276 g/mol. The molecule has 1 unspecified atom stereocenters. The molecule has 11 heavy (non-hydrogen) atoms. The maximum atomic E-state index is 3.91. The predicted octanol–water partition coefficient (Wildman–Crippen LogP) is -0.174. The standard InChI is InChI=1S/C9H17.HI.Mg/c1-8(2)6-5-7-9(3)4;;/h8H,1,3,5-7H2,2,4H3;1H;/q-1;;+2/p-1. The molecule has 62 valence electrons. The number of rotatable bonds is 4. The third-order valence-electron chi connectivity index (χ3n) is 1.30. The van der Waals surface area contributed by atoms with Crippen molar-refractivity contribution in [2.45, 2.75) is 33.1 Å². The Morgan fingerprint density at radius 3 is 2.27 bits per heavy atom. The summed E-state index contributed by atoms with van der Waals surface area (Å²) in [5.41, 5.74) is 1.29. The molecule has 0 aliphatic carbocycles. The molecule has 0 rings (SSSR count). The summed E-state index contributed by atoms with van der Waals surface area (Å²) in [6.07, 6.45) is 3.65. The maximum absolute atomic E-state index is 3.91. The van der Waals surface area contributed by atoms with E-state index < -0.39 is 0 Å². The van der Waals surface area contributed by atoms with E-state index in [9.17, 15) is 0 Å². The summed E-state index contributed by atoms with van der Waals surface area (Å²) in [4.78, 5) is 0. The van der Waals surface area contributed by atoms with Gasteiger partial charge in [-0.2, -0.15) is 5.92 Å². The van der Waals surface area contributed by atoms with Gasteiger partial charge in [-0.05, 0) is 13.3 Å². The van der Waals surface area contributed by atoms with Crippen LogP contribution in [0.25, 0.3) is 0 Å². The van der Waals surface area contributed by atoms with E-state index in [1.165, 1.54) is 24.8 Å². The molecule has 0 bridgehead atoms. The first-order valence-corrected chi connectivity index (χ1v) is 3.60. The van der Waals surface area contributed by atoms with Crippen molar-refractivity contribution in [3.05, 3.63) is 19.1 Å². The molecule has 0 aliphatic heterocycles. The minimum Gasteiger partial charge on any atom is -1.00 e. The van der Waals surface area contributed by atoms with E-state index in [2.05, 4.69) is 27.4 Å². The fourth-order valence-corrected chi connectivity index (χ4v) is 0.752. The zero-order valence-corrected chi connectivity index (χ0v) is 11.3. The summed E-state index contributed by atoms with van der Waals surface area (Å²) >= 11 is 0. The molecule has 1 atom stereocenters. The molecular formula is C9H17IMg. The molecule has 0 saturated heterocycles. The Bertz CT molecular complexity index is 89.6. The van der Waals surface area contributed by atoms with Crippen LogP contribution in [-0.2, 0) is 0 Å². The second kappa shape index (κ2) is 11.2. The molecule has 0 nitrogen and oxygen atoms in total. The maximum Gasteiger partial charge on any atom is 2.00 e. The fourth-order valence-electron chi connectivity index (χ4n) is 0.752. The normalized spacial score (nSPS) is 10.8. The first-order valence-electron chi connectivity index (χ1n) is 3.60. The molecule has 0 fully saturated rings. The van der Waals surface area contributed by atoms with Crippen LogP contribution >= 0.6 is 0 Å². The largest absolute Gasteiger partial charge is 2.00 e. The van der Waals surface area contributed by atoms with Crippen LogP contribution < -0.4 is 24.0 Å². The quantitative estimate of drug-likeness (QED) is 0.289. The molecule has 0 amide bonds. The average molecular weight is 276 g/mol. The summed E-state index contributed by atoms with van der Waals surface area (Å²) in [5.74, 6) is 0.601. The van der Waals surface area contributed by atoms with Crippen molar-refractivity contribution in [3.63, 3.8) is 0 Å². The Kier molecular flexibility index (Phi) is 18.5. The molecule has 0 aromatic rings. The van der Waals surface area contributed by atoms with Crippen molar-refractivity contribution in [2.24, 2.45) is 5.92 Å². The minimum atomic E-state index is 0. The first kappa shape index (κ1) is 18.1. The van der Waals surface area contributed by atoms with Gasteiger partial charge in [0.1, 0.15) is 0 Å². The van der Waals surface area contributed by atoms with Crippen LogP contribution in [0.3, 0.4) is 0 Å². The molecule has 0 N–H and O–H groups in total. The Balaban J connectivity index is -0.000000320. The molecule has 0 saturated carbocycles. The van der Waals surface area contributed by atoms with Gasteiger partial charge in [0.25, 0.3) is 0 Å². The van der Waals surface area contributed by atoms with Gasteiger partial charge in [-0.3, -0.25) is 0 Å². The predicted molar refractivity (Wildman–Crippen MR) is 48.9 cm³/mol. The van der Waals surface area contributed by atoms with Gasteiger partial charge < -0.3 is 30.9 Å². The number of halogens is 1. The Hall–Kier alpha value is 1.24. The van der Waals surface area contributed by atoms with Crippen LogP contribution in [0, 0.1) is 12.8 Å². The van der Waals surface area contributed by atoms with E-state index in [0.717, 1.165) is 0 Å². The smallest absolute Gasteiger partial charge is 1.00 e. The fraction of sp³-hybridized carbons (Fsp3) is 0.667. The van der Waals surface area contributed by atoms with E-state index >= 15 is 0 Å². The van der Waals surface area contributed by atoms with Crippen LogP contribution in [0.15, 0.2) is 12.2 Å². The SMILES string of the molecule is C=C(C)CCCC([CH2-])C.[I-].[Mg+2]. The van der Waals surface area contributed by atoms with E-state index in [1.54, 1.807) is 0 Å². The zero-order valence-electron chi connectivity index (χ0n) is 7.70. The van der Waals surface area contributed by atoms with Crippen molar-refractivity contribution >= 4 is 23.1 Å². The van der Waals surface area contributed by atoms with Crippen LogP contribution in [0.5, 0.6) is 0 Å². The zero-order chi connectivity index (χ0) is 7.28. The number of hydrogen-bond acceptors (Lipinski definition) is 0. The molecular weight excluding hydrogens is 259 g/mol. The third kappa shape index (κ3) is 18.3. The average Bonchev–Trinajstić information content (AvgIpc) is 1.63. The van der Waals surface area contributed by atoms with Crippen LogP contribution in [0.4, 0.5) is 0 Å². The Morgan fingerprint density at radius 1 is 1.55 bits per heavy atom. The van der Waals surface area contributed by atoms with Gasteiger partial charge in [0.15, 0.2) is 0 Å². The molecule has 0 radical (unpaired) electrons. The van der Waals surface area contributed by atoms with E-state index in [4.69, 9.17) is 0 Å². The van der Waals surface area contributed by atoms with Gasteiger partial charge in [0.2, 0.25) is 0 Å². The van der Waals surface area contributed by atoms with Gasteiger partial charge in [-0.15, -0.1) is 6.58 Å². The number of hydrogen-bond donors (Lipinski definition) is 0. The molecule has 0 heterocycles. The van der Waals surface area contributed by atoms with E-state index in [0.29, 0.717) is 5.92 Å². The van der Waals surface area contributed by atoms with Crippen molar-refractivity contribution < 1.29 is 24.0 Å². The second-order valence-electron chi connectivity index (χ2n) is 2.95. The van der Waals surface area contributed by atoms with Gasteiger partial charge in [-0.25, -0.2) is 0 Å². The minimum absolute atomic E-state index is 0. The molecule has 0 aromatic carbocycles. The summed E-state index contributed by atoms with van der Waals surface area (Å²) < 4.78 is 0. The van der Waals surface area contributed by atoms with Gasteiger partial charge >= 0.3 is 23.1 Å². The Labute approximate surface area is 104 Å². The topological polar surface area (TPSA) is 0 Å². The summed E-state index contributed by atoms with van der Waals surface area (Å²) in [6.45, 7) is 12.0. The molecule has 0 spiro atoms. The number of allylic oxidation sites excluding steroid dienone is 1. The van der Waals surface area contributed by atoms with Gasteiger partial charge in [-0.1, -0.05) is 25.3 Å². The van der Waals surface area contributed by atoms with E-state index in [-0.39, 0.29) is 47.0 Å². The van der Waals surface area contributed by atoms with E-state index in [1.807, 2.05) is 0 Å². The Morgan fingerprint density at radius 2 is 2.00 bits per heavy atom. The van der Waals surface area contributed by atoms with Gasteiger partial charge in [0, 0.05) is 0 Å². The van der Waals surface area contributed by atoms with Crippen molar-refractivity contribution in [3.8, 4) is 0 Å². The summed E-state index contributed by atoms with van der Waals surface area (Å²) in [7, 11) is 0.